The third-order valence-electron chi connectivity index (χ3n) is 4.96. The minimum atomic E-state index is -0.741. The van der Waals surface area contributed by atoms with Crippen LogP contribution in [0.15, 0.2) is 18.2 Å². The number of carbonyl (C=O) groups is 2. The van der Waals surface area contributed by atoms with Gasteiger partial charge in [-0.1, -0.05) is 6.07 Å². The highest BCUT2D eigenvalue weighted by molar-refractivity contribution is 5.85. The number of benzene rings is 1. The molecule has 1 amide bonds. The predicted octanol–water partition coefficient (Wildman–Crippen LogP) is 1.39. The molecule has 7 nitrogen and oxygen atoms in total. The molecule has 4 atom stereocenters. The van der Waals surface area contributed by atoms with E-state index in [1.165, 1.54) is 0 Å². The monoisotopic (exact) mass is 343 g/mol. The molecule has 0 aliphatic carbocycles. The fourth-order valence-corrected chi connectivity index (χ4v) is 3.71. The molecule has 1 aromatic carbocycles. The van der Waals surface area contributed by atoms with Crippen LogP contribution in [0.3, 0.4) is 0 Å². The summed E-state index contributed by atoms with van der Waals surface area (Å²) in [4.78, 5) is 25.2. The minimum absolute atomic E-state index is 0.184. The summed E-state index contributed by atoms with van der Waals surface area (Å²) in [6.45, 7) is 3.66. The van der Waals surface area contributed by atoms with Gasteiger partial charge in [0.25, 0.3) is 0 Å². The Hall–Kier alpha value is -2.59. The molecule has 25 heavy (non-hydrogen) atoms. The maximum atomic E-state index is 12.5. The SMILES string of the molecule is CC(C=O)NC(=O)C1C[C@](C)(C#N)C(c2ccc3c(c2)OCO3)N1C. The van der Waals surface area contributed by atoms with E-state index in [1.807, 2.05) is 37.1 Å². The highest BCUT2D eigenvalue weighted by Crippen LogP contribution is 2.50. The lowest BCUT2D eigenvalue weighted by Gasteiger charge is -2.30. The van der Waals surface area contributed by atoms with E-state index in [2.05, 4.69) is 11.4 Å². The first kappa shape index (κ1) is 17.2. The number of likely N-dealkylation sites (N-methyl/N-ethyl adjacent to an activating group) is 1. The van der Waals surface area contributed by atoms with Crippen molar-refractivity contribution < 1.29 is 19.1 Å². The van der Waals surface area contributed by atoms with Crippen molar-refractivity contribution >= 4 is 12.2 Å². The topological polar surface area (TPSA) is 91.7 Å². The molecule has 1 aromatic rings. The van der Waals surface area contributed by atoms with Gasteiger partial charge < -0.3 is 19.6 Å². The van der Waals surface area contributed by atoms with Gasteiger partial charge in [0.2, 0.25) is 12.7 Å². The van der Waals surface area contributed by atoms with Gasteiger partial charge in [-0.3, -0.25) is 9.69 Å². The molecule has 1 fully saturated rings. The number of ether oxygens (including phenoxy) is 2. The van der Waals surface area contributed by atoms with Crippen LogP contribution < -0.4 is 14.8 Å². The number of hydrogen-bond acceptors (Lipinski definition) is 6. The number of nitrogens with zero attached hydrogens (tertiary/aromatic N) is 2. The lowest BCUT2D eigenvalue weighted by atomic mass is 9.79. The Balaban J connectivity index is 1.91. The average Bonchev–Trinajstić information content (AvgIpc) is 3.16. The van der Waals surface area contributed by atoms with E-state index in [0.29, 0.717) is 24.2 Å². The summed E-state index contributed by atoms with van der Waals surface area (Å²) in [5, 5.41) is 12.5. The fraction of sp³-hybridized carbons (Fsp3) is 0.500. The molecule has 2 heterocycles. The highest BCUT2D eigenvalue weighted by Gasteiger charge is 2.51. The second-order valence-corrected chi connectivity index (χ2v) is 6.86. The smallest absolute Gasteiger partial charge is 0.237 e. The zero-order valence-electron chi connectivity index (χ0n) is 14.5. The fourth-order valence-electron chi connectivity index (χ4n) is 3.71. The van der Waals surface area contributed by atoms with Gasteiger partial charge in [0.1, 0.15) is 6.29 Å². The first-order valence-electron chi connectivity index (χ1n) is 8.18. The number of fused-ring (bicyclic) bond motifs is 1. The van der Waals surface area contributed by atoms with Crippen molar-refractivity contribution in [3.8, 4) is 17.6 Å². The Morgan fingerprint density at radius 2 is 2.20 bits per heavy atom. The third kappa shape index (κ3) is 2.94. The normalized spacial score (nSPS) is 29.0. The molecular formula is C18H21N3O4. The van der Waals surface area contributed by atoms with Crippen LogP contribution in [0, 0.1) is 16.7 Å². The molecule has 0 radical (unpaired) electrons. The Morgan fingerprint density at radius 1 is 1.48 bits per heavy atom. The largest absolute Gasteiger partial charge is 0.454 e. The number of rotatable bonds is 4. The molecule has 0 spiro atoms. The molecule has 1 saturated heterocycles. The van der Waals surface area contributed by atoms with Gasteiger partial charge in [0, 0.05) is 0 Å². The Bertz CT molecular complexity index is 744. The Labute approximate surface area is 146 Å². The first-order chi connectivity index (χ1) is 11.9. The number of nitriles is 1. The van der Waals surface area contributed by atoms with Crippen molar-refractivity contribution in [1.82, 2.24) is 10.2 Å². The van der Waals surface area contributed by atoms with Crippen LogP contribution in [0.1, 0.15) is 31.9 Å². The molecule has 7 heteroatoms. The quantitative estimate of drug-likeness (QED) is 0.831. The second-order valence-electron chi connectivity index (χ2n) is 6.86. The van der Waals surface area contributed by atoms with Crippen molar-refractivity contribution in [2.75, 3.05) is 13.8 Å². The van der Waals surface area contributed by atoms with Crippen LogP contribution in [0.2, 0.25) is 0 Å². The van der Waals surface area contributed by atoms with Gasteiger partial charge in [-0.15, -0.1) is 0 Å². The molecule has 1 N–H and O–H groups in total. The maximum Gasteiger partial charge on any atom is 0.237 e. The number of nitrogens with one attached hydrogen (secondary N) is 1. The lowest BCUT2D eigenvalue weighted by molar-refractivity contribution is -0.127. The van der Waals surface area contributed by atoms with Crippen LogP contribution in [0.4, 0.5) is 0 Å². The summed E-state index contributed by atoms with van der Waals surface area (Å²) in [6, 6.07) is 6.66. The van der Waals surface area contributed by atoms with Gasteiger partial charge in [0.05, 0.1) is 29.6 Å². The van der Waals surface area contributed by atoms with E-state index >= 15 is 0 Å². The summed E-state index contributed by atoms with van der Waals surface area (Å²) >= 11 is 0. The van der Waals surface area contributed by atoms with E-state index in [1.54, 1.807) is 6.92 Å². The molecular weight excluding hydrogens is 322 g/mol. The maximum absolute atomic E-state index is 12.5. The van der Waals surface area contributed by atoms with Crippen LogP contribution in [-0.2, 0) is 9.59 Å². The summed E-state index contributed by atoms with van der Waals surface area (Å²) in [6.07, 6.45) is 1.07. The summed E-state index contributed by atoms with van der Waals surface area (Å²) in [5.41, 5.74) is 0.157. The van der Waals surface area contributed by atoms with Crippen LogP contribution in [0.25, 0.3) is 0 Å². The number of aldehydes is 1. The van der Waals surface area contributed by atoms with Gasteiger partial charge in [-0.2, -0.15) is 5.26 Å². The van der Waals surface area contributed by atoms with Crippen LogP contribution in [-0.4, -0.2) is 43.0 Å². The molecule has 3 unspecified atom stereocenters. The molecule has 132 valence electrons. The number of carbonyl (C=O) groups excluding carboxylic acids is 2. The number of hydrogen-bond donors (Lipinski definition) is 1. The summed E-state index contributed by atoms with van der Waals surface area (Å²) in [5.74, 6) is 1.08. The van der Waals surface area contributed by atoms with Gasteiger partial charge >= 0.3 is 0 Å². The summed E-state index contributed by atoms with van der Waals surface area (Å²) < 4.78 is 10.8. The van der Waals surface area contributed by atoms with E-state index in [0.717, 1.165) is 5.56 Å². The van der Waals surface area contributed by atoms with Crippen molar-refractivity contribution in [1.29, 1.82) is 5.26 Å². The molecule has 0 saturated carbocycles. The highest BCUT2D eigenvalue weighted by atomic mass is 16.7. The van der Waals surface area contributed by atoms with E-state index in [4.69, 9.17) is 9.47 Å². The zero-order valence-corrected chi connectivity index (χ0v) is 14.5. The minimum Gasteiger partial charge on any atom is -0.454 e. The Morgan fingerprint density at radius 3 is 2.88 bits per heavy atom. The van der Waals surface area contributed by atoms with Crippen LogP contribution in [0.5, 0.6) is 11.5 Å². The number of amides is 1. The van der Waals surface area contributed by atoms with Crippen molar-refractivity contribution in [3.05, 3.63) is 23.8 Å². The van der Waals surface area contributed by atoms with Crippen molar-refractivity contribution in [2.45, 2.75) is 38.4 Å². The molecule has 3 rings (SSSR count). The zero-order chi connectivity index (χ0) is 18.2. The molecule has 2 aliphatic heterocycles. The van der Waals surface area contributed by atoms with Gasteiger partial charge in [0.15, 0.2) is 11.5 Å². The average molecular weight is 343 g/mol. The molecule has 0 aromatic heterocycles. The Kier molecular flexibility index (Phi) is 4.39. The second kappa shape index (κ2) is 6.37. The lowest BCUT2D eigenvalue weighted by Crippen LogP contribution is -2.45. The van der Waals surface area contributed by atoms with E-state index in [-0.39, 0.29) is 18.7 Å². The van der Waals surface area contributed by atoms with Gasteiger partial charge in [-0.25, -0.2) is 0 Å². The van der Waals surface area contributed by atoms with Gasteiger partial charge in [-0.05, 0) is 45.0 Å². The third-order valence-corrected chi connectivity index (χ3v) is 4.96. The van der Waals surface area contributed by atoms with E-state index < -0.39 is 17.5 Å². The predicted molar refractivity (Wildman–Crippen MR) is 88.9 cm³/mol. The summed E-state index contributed by atoms with van der Waals surface area (Å²) in [7, 11) is 1.83. The molecule has 2 aliphatic rings. The van der Waals surface area contributed by atoms with Crippen molar-refractivity contribution in [2.24, 2.45) is 5.41 Å². The van der Waals surface area contributed by atoms with E-state index in [9.17, 15) is 14.9 Å². The van der Waals surface area contributed by atoms with Crippen molar-refractivity contribution in [3.63, 3.8) is 0 Å². The number of likely N-dealkylation sites (tertiary alicyclic amines) is 1. The molecule has 0 bridgehead atoms. The van der Waals surface area contributed by atoms with Crippen LogP contribution >= 0.6 is 0 Å². The standard InChI is InChI=1S/C18H21N3O4/c1-11(8-22)20-17(23)13-7-18(2,9-19)16(21(13)3)12-4-5-14-15(6-12)25-10-24-14/h4-6,8,11,13,16H,7,10H2,1-3H3,(H,20,23)/t11?,13?,16?,18-/m1/s1. The first-order valence-corrected chi connectivity index (χ1v) is 8.18.